The summed E-state index contributed by atoms with van der Waals surface area (Å²) in [5.74, 6) is 0. The number of hydrogen-bond donors (Lipinski definition) is 4. The highest BCUT2D eigenvalue weighted by atomic mass is 16.3. The molecule has 0 fully saturated rings. The van der Waals surface area contributed by atoms with E-state index in [1.165, 1.54) is 13.8 Å². The van der Waals surface area contributed by atoms with E-state index in [0.29, 0.717) is 0 Å². The molecule has 4 N–H and O–H groups in total. The third kappa shape index (κ3) is 4.31. The minimum Gasteiger partial charge on any atom is -0.393 e. The molecule has 4 heteroatoms. The summed E-state index contributed by atoms with van der Waals surface area (Å²) < 4.78 is 0. The summed E-state index contributed by atoms with van der Waals surface area (Å²) >= 11 is 0. The van der Waals surface area contributed by atoms with Crippen molar-refractivity contribution in [2.45, 2.75) is 31.5 Å². The Morgan fingerprint density at radius 2 is 1.18 bits per heavy atom. The Morgan fingerprint density at radius 3 is 1.36 bits per heavy atom. The quantitative estimate of drug-likeness (QED) is 0.423. The lowest BCUT2D eigenvalue weighted by Crippen LogP contribution is -2.42. The summed E-state index contributed by atoms with van der Waals surface area (Å²) in [5, 5.41) is 35.8. The fraction of sp³-hybridized carbons (Fsp3) is 1.00. The highest BCUT2D eigenvalue weighted by Gasteiger charge is 2.31. The minimum atomic E-state index is -1.33. The molecular weight excluding hydrogens is 148 g/mol. The summed E-state index contributed by atoms with van der Waals surface area (Å²) in [6.07, 6.45) is -0.0486. The van der Waals surface area contributed by atoms with Crippen molar-refractivity contribution in [1.29, 1.82) is 0 Å². The van der Waals surface area contributed by atoms with Crippen molar-refractivity contribution in [3.8, 4) is 0 Å². The van der Waals surface area contributed by atoms with Gasteiger partial charge in [0.25, 0.3) is 0 Å². The summed E-state index contributed by atoms with van der Waals surface area (Å²) in [6, 6.07) is 0. The molecule has 4 nitrogen and oxygen atoms in total. The molecule has 0 bridgehead atoms. The van der Waals surface area contributed by atoms with Crippen LogP contribution < -0.4 is 0 Å². The van der Waals surface area contributed by atoms with Gasteiger partial charge in [0.1, 0.15) is 0 Å². The topological polar surface area (TPSA) is 80.9 Å². The van der Waals surface area contributed by atoms with E-state index in [4.69, 9.17) is 10.2 Å². The van der Waals surface area contributed by atoms with Gasteiger partial charge in [0, 0.05) is 6.42 Å². The van der Waals surface area contributed by atoms with Crippen LogP contribution in [0.5, 0.6) is 0 Å². The monoisotopic (exact) mass is 164 g/mol. The van der Waals surface area contributed by atoms with Gasteiger partial charge in [-0.05, 0) is 13.8 Å². The molecule has 0 amide bonds. The van der Waals surface area contributed by atoms with Crippen molar-refractivity contribution in [2.75, 3.05) is 13.2 Å². The second-order valence-electron chi connectivity index (χ2n) is 3.49. The van der Waals surface area contributed by atoms with E-state index >= 15 is 0 Å². The third-order valence-electron chi connectivity index (χ3n) is 1.44. The van der Waals surface area contributed by atoms with E-state index < -0.39 is 24.4 Å². The van der Waals surface area contributed by atoms with Crippen LogP contribution in [-0.4, -0.2) is 44.8 Å². The van der Waals surface area contributed by atoms with Crippen molar-refractivity contribution < 1.29 is 20.4 Å². The van der Waals surface area contributed by atoms with E-state index in [0.717, 1.165) is 0 Å². The summed E-state index contributed by atoms with van der Waals surface area (Å²) in [5.41, 5.74) is -2.65. The Kier molecular flexibility index (Phi) is 3.44. The molecular formula is C7H16O4. The van der Waals surface area contributed by atoms with E-state index in [1.807, 2.05) is 0 Å². The Hall–Kier alpha value is -0.160. The molecule has 11 heavy (non-hydrogen) atoms. The van der Waals surface area contributed by atoms with Gasteiger partial charge in [-0.2, -0.15) is 0 Å². The molecule has 0 aromatic rings. The van der Waals surface area contributed by atoms with Crippen LogP contribution in [-0.2, 0) is 0 Å². The summed E-state index contributed by atoms with van der Waals surface area (Å²) in [4.78, 5) is 0. The van der Waals surface area contributed by atoms with Crippen molar-refractivity contribution in [1.82, 2.24) is 0 Å². The van der Waals surface area contributed by atoms with Gasteiger partial charge in [-0.15, -0.1) is 0 Å². The van der Waals surface area contributed by atoms with Gasteiger partial charge in [0.2, 0.25) is 0 Å². The Bertz CT molecular complexity index is 106. The van der Waals surface area contributed by atoms with Crippen molar-refractivity contribution in [3.05, 3.63) is 0 Å². The Morgan fingerprint density at radius 1 is 0.909 bits per heavy atom. The van der Waals surface area contributed by atoms with Gasteiger partial charge in [-0.3, -0.25) is 0 Å². The van der Waals surface area contributed by atoms with Gasteiger partial charge in [-0.1, -0.05) is 0 Å². The van der Waals surface area contributed by atoms with E-state index in [-0.39, 0.29) is 6.42 Å². The third-order valence-corrected chi connectivity index (χ3v) is 1.44. The van der Waals surface area contributed by atoms with Crippen LogP contribution in [0.15, 0.2) is 0 Å². The average molecular weight is 164 g/mol. The largest absolute Gasteiger partial charge is 0.393 e. The van der Waals surface area contributed by atoms with Crippen LogP contribution in [0.4, 0.5) is 0 Å². The number of aliphatic hydroxyl groups is 4. The molecule has 0 aromatic heterocycles. The molecule has 0 aliphatic rings. The maximum atomic E-state index is 9.27. The lowest BCUT2D eigenvalue weighted by atomic mass is 9.91. The van der Waals surface area contributed by atoms with Crippen LogP contribution in [0.1, 0.15) is 20.3 Å². The molecule has 0 heterocycles. The molecule has 0 rings (SSSR count). The first-order valence-electron chi connectivity index (χ1n) is 3.49. The fourth-order valence-electron chi connectivity index (χ4n) is 0.932. The molecule has 0 radical (unpaired) electrons. The molecule has 0 saturated heterocycles. The lowest BCUT2D eigenvalue weighted by Gasteiger charge is -2.29. The Labute approximate surface area is 66.1 Å². The minimum absolute atomic E-state index is 0.0486. The summed E-state index contributed by atoms with van der Waals surface area (Å²) in [7, 11) is 0. The van der Waals surface area contributed by atoms with Crippen molar-refractivity contribution in [3.63, 3.8) is 0 Å². The van der Waals surface area contributed by atoms with E-state index in [2.05, 4.69) is 0 Å². The first-order valence-corrected chi connectivity index (χ1v) is 3.49. The first kappa shape index (κ1) is 10.8. The SMILES string of the molecule is C[C@](O)(CO)C[C@](C)(O)CO. The highest BCUT2D eigenvalue weighted by Crippen LogP contribution is 2.18. The average Bonchev–Trinajstić information content (AvgIpc) is 1.86. The number of aliphatic hydroxyl groups excluding tert-OH is 2. The predicted octanol–water partition coefficient (Wildman–Crippen LogP) is -1.14. The van der Waals surface area contributed by atoms with E-state index in [9.17, 15) is 10.2 Å². The van der Waals surface area contributed by atoms with Crippen LogP contribution in [0.2, 0.25) is 0 Å². The molecule has 0 aromatic carbocycles. The van der Waals surface area contributed by atoms with Gasteiger partial charge < -0.3 is 20.4 Å². The van der Waals surface area contributed by atoms with Gasteiger partial charge in [0.05, 0.1) is 24.4 Å². The zero-order valence-corrected chi connectivity index (χ0v) is 6.91. The van der Waals surface area contributed by atoms with Crippen LogP contribution in [0, 0.1) is 0 Å². The first-order chi connectivity index (χ1) is 4.83. The molecule has 0 saturated carbocycles. The van der Waals surface area contributed by atoms with Crippen molar-refractivity contribution in [2.24, 2.45) is 0 Å². The summed E-state index contributed by atoms with van der Waals surface area (Å²) in [6.45, 7) is 1.95. The molecule has 0 aliphatic carbocycles. The second-order valence-corrected chi connectivity index (χ2v) is 3.49. The normalized spacial score (nSPS) is 22.4. The number of hydrogen-bond acceptors (Lipinski definition) is 4. The van der Waals surface area contributed by atoms with Crippen LogP contribution in [0.25, 0.3) is 0 Å². The molecule has 2 atom stereocenters. The predicted molar refractivity (Wildman–Crippen MR) is 40.0 cm³/mol. The molecule has 0 spiro atoms. The van der Waals surface area contributed by atoms with Gasteiger partial charge in [0.15, 0.2) is 0 Å². The highest BCUT2D eigenvalue weighted by molar-refractivity contribution is 4.83. The lowest BCUT2D eigenvalue weighted by molar-refractivity contribution is -0.0894. The molecule has 68 valence electrons. The molecule has 0 aliphatic heterocycles. The fourth-order valence-corrected chi connectivity index (χ4v) is 0.932. The van der Waals surface area contributed by atoms with Gasteiger partial charge in [-0.25, -0.2) is 0 Å². The Balaban J connectivity index is 4.02. The van der Waals surface area contributed by atoms with Gasteiger partial charge >= 0.3 is 0 Å². The zero-order valence-electron chi connectivity index (χ0n) is 6.91. The standard InChI is InChI=1S/C7H16O4/c1-6(10,4-8)3-7(2,11)5-9/h8-11H,3-5H2,1-2H3/t6-,7+. The maximum absolute atomic E-state index is 9.27. The van der Waals surface area contributed by atoms with Crippen molar-refractivity contribution >= 4 is 0 Å². The zero-order chi connectivity index (χ0) is 9.12. The van der Waals surface area contributed by atoms with Crippen LogP contribution in [0.3, 0.4) is 0 Å². The van der Waals surface area contributed by atoms with Crippen LogP contribution >= 0.6 is 0 Å². The number of rotatable bonds is 4. The maximum Gasteiger partial charge on any atom is 0.0877 e. The smallest absolute Gasteiger partial charge is 0.0877 e. The van der Waals surface area contributed by atoms with E-state index in [1.54, 1.807) is 0 Å². The molecule has 0 unspecified atom stereocenters. The second kappa shape index (κ2) is 3.49.